The highest BCUT2D eigenvalue weighted by atomic mass is 35.5. The molecule has 0 radical (unpaired) electrons. The van der Waals surface area contributed by atoms with Crippen molar-refractivity contribution in [2.45, 2.75) is 50.3 Å². The van der Waals surface area contributed by atoms with Crippen molar-refractivity contribution in [2.75, 3.05) is 19.7 Å². The lowest BCUT2D eigenvalue weighted by Gasteiger charge is -2.49. The van der Waals surface area contributed by atoms with Gasteiger partial charge in [0.25, 0.3) is 0 Å². The van der Waals surface area contributed by atoms with Crippen LogP contribution in [0, 0.1) is 0 Å². The molecular formula is C17H25ClN2O. The summed E-state index contributed by atoms with van der Waals surface area (Å²) in [7, 11) is 0. The molecule has 1 aliphatic carbocycles. The van der Waals surface area contributed by atoms with Gasteiger partial charge in [-0.05, 0) is 50.3 Å². The zero-order chi connectivity index (χ0) is 14.9. The molecule has 21 heavy (non-hydrogen) atoms. The second-order valence-electron chi connectivity index (χ2n) is 6.61. The smallest absolute Gasteiger partial charge is 0.0731 e. The van der Waals surface area contributed by atoms with Crippen molar-refractivity contribution in [3.8, 4) is 0 Å². The number of benzene rings is 1. The lowest BCUT2D eigenvalue weighted by atomic mass is 9.88. The van der Waals surface area contributed by atoms with Crippen LogP contribution in [0.2, 0.25) is 5.02 Å². The Morgan fingerprint density at radius 2 is 2.10 bits per heavy atom. The van der Waals surface area contributed by atoms with Crippen molar-refractivity contribution in [1.29, 1.82) is 0 Å². The van der Waals surface area contributed by atoms with Crippen molar-refractivity contribution in [1.82, 2.24) is 4.90 Å². The van der Waals surface area contributed by atoms with Gasteiger partial charge in [-0.2, -0.15) is 0 Å². The SMILES string of the molecule is CC(CN)(Cc1ccc(Cl)cc1)N1CCOC2CCCC21. The Morgan fingerprint density at radius 1 is 1.33 bits per heavy atom. The van der Waals surface area contributed by atoms with Gasteiger partial charge in [0.1, 0.15) is 0 Å². The van der Waals surface area contributed by atoms with E-state index in [9.17, 15) is 0 Å². The first-order valence-electron chi connectivity index (χ1n) is 7.95. The fourth-order valence-electron chi connectivity index (χ4n) is 3.93. The summed E-state index contributed by atoms with van der Waals surface area (Å²) < 4.78 is 5.94. The number of fused-ring (bicyclic) bond motifs is 1. The summed E-state index contributed by atoms with van der Waals surface area (Å²) in [4.78, 5) is 2.61. The van der Waals surface area contributed by atoms with Crippen LogP contribution in [0.3, 0.4) is 0 Å². The van der Waals surface area contributed by atoms with Crippen LogP contribution >= 0.6 is 11.6 Å². The van der Waals surface area contributed by atoms with E-state index in [0.717, 1.165) is 24.6 Å². The molecule has 1 saturated heterocycles. The first-order valence-corrected chi connectivity index (χ1v) is 8.33. The van der Waals surface area contributed by atoms with Crippen molar-refractivity contribution >= 4 is 11.6 Å². The topological polar surface area (TPSA) is 38.5 Å². The molecule has 0 bridgehead atoms. The van der Waals surface area contributed by atoms with E-state index in [-0.39, 0.29) is 5.54 Å². The minimum absolute atomic E-state index is 0.00906. The summed E-state index contributed by atoms with van der Waals surface area (Å²) in [6.45, 7) is 4.78. The third kappa shape index (κ3) is 3.11. The van der Waals surface area contributed by atoms with Gasteiger partial charge in [0, 0.05) is 29.7 Å². The van der Waals surface area contributed by atoms with Crippen LogP contribution in [0.15, 0.2) is 24.3 Å². The van der Waals surface area contributed by atoms with Crippen molar-refractivity contribution in [3.63, 3.8) is 0 Å². The quantitative estimate of drug-likeness (QED) is 0.929. The van der Waals surface area contributed by atoms with E-state index >= 15 is 0 Å². The summed E-state index contributed by atoms with van der Waals surface area (Å²) >= 11 is 5.99. The highest BCUT2D eigenvalue weighted by Crippen LogP contribution is 2.35. The lowest BCUT2D eigenvalue weighted by molar-refractivity contribution is -0.0932. The zero-order valence-electron chi connectivity index (χ0n) is 12.7. The Morgan fingerprint density at radius 3 is 2.81 bits per heavy atom. The maximum Gasteiger partial charge on any atom is 0.0731 e. The average molecular weight is 309 g/mol. The van der Waals surface area contributed by atoms with Crippen molar-refractivity contribution in [3.05, 3.63) is 34.9 Å². The fourth-order valence-corrected chi connectivity index (χ4v) is 4.05. The number of halogens is 1. The molecule has 0 aromatic heterocycles. The van der Waals surface area contributed by atoms with E-state index in [1.165, 1.54) is 24.8 Å². The molecule has 0 amide bonds. The van der Waals surface area contributed by atoms with Crippen LogP contribution in [-0.2, 0) is 11.2 Å². The molecule has 2 N–H and O–H groups in total. The van der Waals surface area contributed by atoms with Gasteiger partial charge in [0.15, 0.2) is 0 Å². The molecule has 3 unspecified atom stereocenters. The number of nitrogens with zero attached hydrogens (tertiary/aromatic N) is 1. The van der Waals surface area contributed by atoms with Crippen molar-refractivity contribution in [2.24, 2.45) is 5.73 Å². The molecule has 116 valence electrons. The third-order valence-corrected chi connectivity index (χ3v) is 5.37. The predicted molar refractivity (Wildman–Crippen MR) is 86.7 cm³/mol. The standard InChI is InChI=1S/C17H25ClN2O/c1-17(12-19,11-13-5-7-14(18)8-6-13)20-9-10-21-16-4-2-3-15(16)20/h5-8,15-16H,2-4,9-12,19H2,1H3. The van der Waals surface area contributed by atoms with Gasteiger partial charge in [-0.25, -0.2) is 0 Å². The van der Waals surface area contributed by atoms with Crippen molar-refractivity contribution < 1.29 is 4.74 Å². The molecule has 3 rings (SSSR count). The number of hydrogen-bond donors (Lipinski definition) is 1. The Bertz CT molecular complexity index is 478. The van der Waals surface area contributed by atoms with Gasteiger partial charge in [0.05, 0.1) is 12.7 Å². The van der Waals surface area contributed by atoms with Crippen LogP contribution in [0.5, 0.6) is 0 Å². The lowest BCUT2D eigenvalue weighted by Crippen LogP contribution is -2.62. The van der Waals surface area contributed by atoms with Gasteiger partial charge < -0.3 is 10.5 Å². The van der Waals surface area contributed by atoms with E-state index in [2.05, 4.69) is 24.0 Å². The first kappa shape index (κ1) is 15.3. The molecule has 2 fully saturated rings. The molecule has 1 aromatic rings. The summed E-state index contributed by atoms with van der Waals surface area (Å²) in [5, 5.41) is 0.787. The van der Waals surface area contributed by atoms with E-state index in [1.54, 1.807) is 0 Å². The van der Waals surface area contributed by atoms with Gasteiger partial charge in [-0.1, -0.05) is 23.7 Å². The zero-order valence-corrected chi connectivity index (χ0v) is 13.5. The monoisotopic (exact) mass is 308 g/mol. The summed E-state index contributed by atoms with van der Waals surface area (Å²) in [5.74, 6) is 0. The average Bonchev–Trinajstić information content (AvgIpc) is 2.98. The summed E-state index contributed by atoms with van der Waals surface area (Å²) in [6, 6.07) is 8.70. The van der Waals surface area contributed by atoms with Crippen LogP contribution in [0.4, 0.5) is 0 Å². The van der Waals surface area contributed by atoms with E-state index in [1.807, 2.05) is 12.1 Å². The highest BCUT2D eigenvalue weighted by Gasteiger charge is 2.43. The largest absolute Gasteiger partial charge is 0.375 e. The molecule has 1 heterocycles. The Labute approximate surface area is 132 Å². The van der Waals surface area contributed by atoms with E-state index in [4.69, 9.17) is 22.1 Å². The maximum atomic E-state index is 6.19. The summed E-state index contributed by atoms with van der Waals surface area (Å²) in [5.41, 5.74) is 7.48. The molecule has 1 aromatic carbocycles. The van der Waals surface area contributed by atoms with E-state index < -0.39 is 0 Å². The minimum atomic E-state index is -0.00906. The molecule has 3 atom stereocenters. The number of ether oxygens (including phenoxy) is 1. The first-order chi connectivity index (χ1) is 10.1. The van der Waals surface area contributed by atoms with Gasteiger partial charge in [-0.3, -0.25) is 4.90 Å². The number of rotatable bonds is 4. The number of nitrogens with two attached hydrogens (primary N) is 1. The number of morpholine rings is 1. The Balaban J connectivity index is 1.79. The van der Waals surface area contributed by atoms with Gasteiger partial charge >= 0.3 is 0 Å². The van der Waals surface area contributed by atoms with E-state index in [0.29, 0.717) is 18.7 Å². The van der Waals surface area contributed by atoms with Crippen LogP contribution in [0.25, 0.3) is 0 Å². The molecule has 0 spiro atoms. The Kier molecular flexibility index (Phi) is 4.55. The fraction of sp³-hybridized carbons (Fsp3) is 0.647. The molecule has 3 nitrogen and oxygen atoms in total. The predicted octanol–water partition coefficient (Wildman–Crippen LogP) is 2.85. The molecule has 1 aliphatic heterocycles. The van der Waals surface area contributed by atoms with Gasteiger partial charge in [-0.15, -0.1) is 0 Å². The third-order valence-electron chi connectivity index (χ3n) is 5.11. The van der Waals surface area contributed by atoms with Crippen LogP contribution < -0.4 is 5.73 Å². The molecule has 4 heteroatoms. The second kappa shape index (κ2) is 6.25. The minimum Gasteiger partial charge on any atom is -0.375 e. The summed E-state index contributed by atoms with van der Waals surface area (Å²) in [6.07, 6.45) is 5.08. The van der Waals surface area contributed by atoms with Crippen LogP contribution in [-0.4, -0.2) is 42.3 Å². The van der Waals surface area contributed by atoms with Gasteiger partial charge in [0.2, 0.25) is 0 Å². The normalized spacial score (nSPS) is 29.1. The molecule has 1 saturated carbocycles. The highest BCUT2D eigenvalue weighted by molar-refractivity contribution is 6.30. The Hall–Kier alpha value is -0.610. The second-order valence-corrected chi connectivity index (χ2v) is 7.04. The maximum absolute atomic E-state index is 6.19. The van der Waals surface area contributed by atoms with Crippen LogP contribution in [0.1, 0.15) is 31.7 Å². The number of hydrogen-bond acceptors (Lipinski definition) is 3. The molecular weight excluding hydrogens is 284 g/mol. The molecule has 2 aliphatic rings.